The molecule has 0 saturated heterocycles. The van der Waals surface area contributed by atoms with Gasteiger partial charge in [0, 0.05) is 9.40 Å². The lowest BCUT2D eigenvalue weighted by Gasteiger charge is -2.04. The van der Waals surface area contributed by atoms with Crippen LogP contribution in [0.4, 0.5) is 0 Å². The van der Waals surface area contributed by atoms with Gasteiger partial charge in [-0.2, -0.15) is 5.10 Å². The summed E-state index contributed by atoms with van der Waals surface area (Å²) < 4.78 is 28.6. The van der Waals surface area contributed by atoms with Crippen molar-refractivity contribution in [2.75, 3.05) is 0 Å². The van der Waals surface area contributed by atoms with Gasteiger partial charge in [-0.05, 0) is 19.1 Å². The third-order valence-corrected chi connectivity index (χ3v) is 6.57. The van der Waals surface area contributed by atoms with Crippen molar-refractivity contribution in [3.63, 3.8) is 0 Å². The van der Waals surface area contributed by atoms with Gasteiger partial charge in [0.15, 0.2) is 0 Å². The Morgan fingerprint density at radius 3 is 2.67 bits per heavy atom. The smallest absolute Gasteiger partial charge is 0.275 e. The van der Waals surface area contributed by atoms with E-state index in [0.29, 0.717) is 14.9 Å². The Balaban J connectivity index is 1.89. The number of thiophene rings is 2. The van der Waals surface area contributed by atoms with E-state index in [0.717, 1.165) is 15.6 Å². The number of carbonyl (C=O) groups excluding carboxylic acids is 1. The number of carbonyl (C=O) groups is 1. The number of rotatable bonds is 3. The molecule has 21 heavy (non-hydrogen) atoms. The zero-order valence-corrected chi connectivity index (χ0v) is 13.7. The fourth-order valence-corrected chi connectivity index (χ4v) is 5.36. The van der Waals surface area contributed by atoms with Crippen molar-refractivity contribution in [2.24, 2.45) is 0 Å². The standard InChI is InChI=1S/C11H8ClN3O3S3/c1-5-9(4-13-14-5)21(17,18)15-11(16)8-2-6-7(19-8)3-10(12)20-6/h2-4H,1H3,(H,13,14)(H,15,16). The van der Waals surface area contributed by atoms with Gasteiger partial charge < -0.3 is 0 Å². The van der Waals surface area contributed by atoms with Crippen molar-refractivity contribution in [1.29, 1.82) is 0 Å². The van der Waals surface area contributed by atoms with E-state index in [2.05, 4.69) is 10.2 Å². The van der Waals surface area contributed by atoms with E-state index in [1.807, 2.05) is 4.72 Å². The molecule has 0 bridgehead atoms. The first-order chi connectivity index (χ1) is 9.87. The van der Waals surface area contributed by atoms with Gasteiger partial charge in [0.25, 0.3) is 15.9 Å². The molecule has 0 saturated carbocycles. The highest BCUT2D eigenvalue weighted by Gasteiger charge is 2.23. The van der Waals surface area contributed by atoms with Gasteiger partial charge in [-0.25, -0.2) is 13.1 Å². The molecule has 0 aromatic carbocycles. The van der Waals surface area contributed by atoms with Crippen LogP contribution in [0.15, 0.2) is 23.2 Å². The predicted octanol–water partition coefficient (Wildman–Crippen LogP) is 2.77. The van der Waals surface area contributed by atoms with E-state index in [1.54, 1.807) is 19.1 Å². The maximum absolute atomic E-state index is 12.1. The maximum atomic E-state index is 12.1. The van der Waals surface area contributed by atoms with Crippen LogP contribution in [0.2, 0.25) is 4.34 Å². The number of nitrogens with one attached hydrogen (secondary N) is 2. The summed E-state index contributed by atoms with van der Waals surface area (Å²) in [6.45, 7) is 1.56. The van der Waals surface area contributed by atoms with Crippen LogP contribution in [0.5, 0.6) is 0 Å². The van der Waals surface area contributed by atoms with Crippen LogP contribution < -0.4 is 4.72 Å². The SMILES string of the molecule is Cc1[nH]ncc1S(=O)(=O)NC(=O)c1cc2sc(Cl)cc2s1. The lowest BCUT2D eigenvalue weighted by molar-refractivity contribution is 0.0985. The fraction of sp³-hybridized carbons (Fsp3) is 0.0909. The molecule has 0 fully saturated rings. The molecule has 3 heterocycles. The first kappa shape index (κ1) is 14.5. The van der Waals surface area contributed by atoms with Gasteiger partial charge in [-0.1, -0.05) is 11.6 Å². The molecule has 0 unspecified atom stereocenters. The topological polar surface area (TPSA) is 91.9 Å². The monoisotopic (exact) mass is 361 g/mol. The van der Waals surface area contributed by atoms with Crippen molar-refractivity contribution in [3.8, 4) is 0 Å². The predicted molar refractivity (Wildman–Crippen MR) is 82.7 cm³/mol. The summed E-state index contributed by atoms with van der Waals surface area (Å²) in [5.41, 5.74) is 0.370. The summed E-state index contributed by atoms with van der Waals surface area (Å²) in [6.07, 6.45) is 1.16. The Labute approximate surface area is 132 Å². The first-order valence-corrected chi connectivity index (χ1v) is 9.12. The normalized spacial score (nSPS) is 11.9. The highest BCUT2D eigenvalue weighted by atomic mass is 35.5. The van der Waals surface area contributed by atoms with Gasteiger partial charge in [-0.15, -0.1) is 22.7 Å². The number of aromatic amines is 1. The minimum atomic E-state index is -3.93. The number of hydrogen-bond donors (Lipinski definition) is 2. The molecular weight excluding hydrogens is 354 g/mol. The lowest BCUT2D eigenvalue weighted by atomic mass is 10.4. The quantitative estimate of drug-likeness (QED) is 0.750. The Kier molecular flexibility index (Phi) is 3.52. The van der Waals surface area contributed by atoms with Crippen LogP contribution in [0.3, 0.4) is 0 Å². The molecule has 3 rings (SSSR count). The number of halogens is 1. The van der Waals surface area contributed by atoms with Crippen molar-refractivity contribution in [2.45, 2.75) is 11.8 Å². The average Bonchev–Trinajstić information content (AvgIpc) is 3.02. The largest absolute Gasteiger partial charge is 0.281 e. The van der Waals surface area contributed by atoms with Crippen LogP contribution >= 0.6 is 34.3 Å². The summed E-state index contributed by atoms with van der Waals surface area (Å²) in [7, 11) is -3.93. The average molecular weight is 362 g/mol. The van der Waals surface area contributed by atoms with Gasteiger partial charge in [-0.3, -0.25) is 9.89 Å². The molecule has 0 aliphatic rings. The molecule has 1 amide bonds. The molecule has 0 atom stereocenters. The second-order valence-electron chi connectivity index (χ2n) is 4.18. The summed E-state index contributed by atoms with van der Waals surface area (Å²) in [4.78, 5) is 12.4. The lowest BCUT2D eigenvalue weighted by Crippen LogP contribution is -2.30. The number of fused-ring (bicyclic) bond motifs is 1. The molecule has 0 radical (unpaired) electrons. The van der Waals surface area contributed by atoms with E-state index in [1.165, 1.54) is 22.7 Å². The van der Waals surface area contributed by atoms with Gasteiger partial charge in [0.2, 0.25) is 0 Å². The second kappa shape index (κ2) is 5.09. The van der Waals surface area contributed by atoms with E-state index < -0.39 is 15.9 Å². The number of hydrogen-bond acceptors (Lipinski definition) is 6. The van der Waals surface area contributed by atoms with Crippen LogP contribution in [0, 0.1) is 6.92 Å². The zero-order valence-electron chi connectivity index (χ0n) is 10.5. The van der Waals surface area contributed by atoms with Crippen LogP contribution in [0.25, 0.3) is 9.40 Å². The van der Waals surface area contributed by atoms with Crippen molar-refractivity contribution < 1.29 is 13.2 Å². The molecule has 2 N–H and O–H groups in total. The van der Waals surface area contributed by atoms with E-state index in [-0.39, 0.29) is 4.90 Å². The first-order valence-electron chi connectivity index (χ1n) is 5.63. The minimum Gasteiger partial charge on any atom is -0.281 e. The van der Waals surface area contributed by atoms with Gasteiger partial charge in [0.05, 0.1) is 21.1 Å². The summed E-state index contributed by atoms with van der Waals surface area (Å²) in [5, 5.41) is 6.16. The second-order valence-corrected chi connectivity index (χ2v) is 8.63. The zero-order chi connectivity index (χ0) is 15.2. The van der Waals surface area contributed by atoms with Crippen LogP contribution in [-0.2, 0) is 10.0 Å². The third-order valence-electron chi connectivity index (χ3n) is 2.70. The minimum absolute atomic E-state index is 0.0442. The highest BCUT2D eigenvalue weighted by Crippen LogP contribution is 2.35. The number of nitrogens with zero attached hydrogens (tertiary/aromatic N) is 1. The molecule has 10 heteroatoms. The summed E-state index contributed by atoms with van der Waals surface area (Å²) in [6, 6.07) is 3.38. The number of sulfonamides is 1. The van der Waals surface area contributed by atoms with E-state index >= 15 is 0 Å². The Bertz CT molecular complexity index is 907. The third kappa shape index (κ3) is 2.69. The van der Waals surface area contributed by atoms with E-state index in [4.69, 9.17) is 11.6 Å². The molecular formula is C11H8ClN3O3S3. The Morgan fingerprint density at radius 2 is 2.05 bits per heavy atom. The molecule has 110 valence electrons. The van der Waals surface area contributed by atoms with Crippen molar-refractivity contribution in [3.05, 3.63) is 33.2 Å². The van der Waals surface area contributed by atoms with E-state index in [9.17, 15) is 13.2 Å². The molecule has 3 aromatic rings. The van der Waals surface area contributed by atoms with Crippen molar-refractivity contribution in [1.82, 2.24) is 14.9 Å². The number of amides is 1. The molecule has 6 nitrogen and oxygen atoms in total. The summed E-state index contributed by atoms with van der Waals surface area (Å²) >= 11 is 8.40. The maximum Gasteiger partial charge on any atom is 0.275 e. The number of aromatic nitrogens is 2. The summed E-state index contributed by atoms with van der Waals surface area (Å²) in [5.74, 6) is -0.667. The fourth-order valence-electron chi connectivity index (χ4n) is 1.76. The molecule has 0 aliphatic carbocycles. The molecule has 3 aromatic heterocycles. The Hall–Kier alpha value is -1.42. The molecule has 0 aliphatic heterocycles. The van der Waals surface area contributed by atoms with Gasteiger partial charge >= 0.3 is 0 Å². The highest BCUT2D eigenvalue weighted by molar-refractivity contribution is 7.90. The van der Waals surface area contributed by atoms with Crippen LogP contribution in [-0.4, -0.2) is 24.5 Å². The van der Waals surface area contributed by atoms with Crippen molar-refractivity contribution >= 4 is 59.6 Å². The molecule has 0 spiro atoms. The van der Waals surface area contributed by atoms with Crippen LogP contribution in [0.1, 0.15) is 15.4 Å². The number of H-pyrrole nitrogens is 1. The Morgan fingerprint density at radius 1 is 1.33 bits per heavy atom. The van der Waals surface area contributed by atoms with Gasteiger partial charge in [0.1, 0.15) is 4.90 Å². The number of aryl methyl sites for hydroxylation is 1.